The van der Waals surface area contributed by atoms with Crippen LogP contribution in [0.2, 0.25) is 0 Å². The van der Waals surface area contributed by atoms with E-state index in [1.807, 2.05) is 0 Å². The summed E-state index contributed by atoms with van der Waals surface area (Å²) in [5.74, 6) is 0.629. The highest BCUT2D eigenvalue weighted by molar-refractivity contribution is 5.85. The predicted molar refractivity (Wildman–Crippen MR) is 90.7 cm³/mol. The molecule has 0 unspecified atom stereocenters. The summed E-state index contributed by atoms with van der Waals surface area (Å²) in [5, 5.41) is 11.1. The summed E-state index contributed by atoms with van der Waals surface area (Å²) < 4.78 is 6.90. The number of carbonyl (C=O) groups is 2. The fourth-order valence-corrected chi connectivity index (χ4v) is 3.88. The molecular weight excluding hydrogens is 322 g/mol. The average Bonchev–Trinajstić information content (AvgIpc) is 3.14. The van der Waals surface area contributed by atoms with Gasteiger partial charge >= 0.3 is 6.09 Å². The Morgan fingerprint density at radius 2 is 1.96 bits per heavy atom. The Morgan fingerprint density at radius 3 is 2.72 bits per heavy atom. The van der Waals surface area contributed by atoms with Gasteiger partial charge in [0, 0.05) is 12.6 Å². The van der Waals surface area contributed by atoms with Crippen LogP contribution in [0.5, 0.6) is 0 Å². The van der Waals surface area contributed by atoms with E-state index < -0.39 is 12.1 Å². The first-order valence-corrected chi connectivity index (χ1v) is 9.21. The van der Waals surface area contributed by atoms with Gasteiger partial charge in [-0.2, -0.15) is 0 Å². The topological polar surface area (TPSA) is 89.3 Å². The lowest BCUT2D eigenvalue weighted by Gasteiger charge is -2.33. The highest BCUT2D eigenvalue weighted by Gasteiger charge is 2.32. The second-order valence-corrected chi connectivity index (χ2v) is 6.84. The van der Waals surface area contributed by atoms with E-state index in [1.54, 1.807) is 6.33 Å². The van der Waals surface area contributed by atoms with Gasteiger partial charge in [-0.3, -0.25) is 9.69 Å². The van der Waals surface area contributed by atoms with Crippen molar-refractivity contribution in [1.29, 1.82) is 0 Å². The Balaban J connectivity index is 1.60. The highest BCUT2D eigenvalue weighted by atomic mass is 16.5. The molecule has 0 spiro atoms. The van der Waals surface area contributed by atoms with E-state index in [2.05, 4.69) is 20.1 Å². The number of piperidine rings is 1. The van der Waals surface area contributed by atoms with Gasteiger partial charge in [0.1, 0.15) is 12.4 Å². The number of ether oxygens (including phenoxy) is 1. The molecule has 0 bridgehead atoms. The van der Waals surface area contributed by atoms with Crippen molar-refractivity contribution in [3.8, 4) is 0 Å². The molecule has 1 aliphatic carbocycles. The maximum atomic E-state index is 12.6. The Labute approximate surface area is 147 Å². The molecule has 2 fully saturated rings. The minimum atomic E-state index is -0.466. The largest absolute Gasteiger partial charge is 0.453 e. The van der Waals surface area contributed by atoms with Gasteiger partial charge in [0.25, 0.3) is 0 Å². The second kappa shape index (κ2) is 8.31. The zero-order valence-corrected chi connectivity index (χ0v) is 14.8. The van der Waals surface area contributed by atoms with Gasteiger partial charge in [0.15, 0.2) is 5.82 Å². The third-order valence-corrected chi connectivity index (χ3v) is 5.25. The van der Waals surface area contributed by atoms with E-state index >= 15 is 0 Å². The first-order valence-electron chi connectivity index (χ1n) is 9.21. The molecule has 1 N–H and O–H groups in total. The lowest BCUT2D eigenvalue weighted by atomic mass is 9.95. The van der Waals surface area contributed by atoms with Crippen LogP contribution in [0.4, 0.5) is 4.79 Å². The van der Waals surface area contributed by atoms with Crippen LogP contribution in [-0.2, 0) is 16.1 Å². The Morgan fingerprint density at radius 1 is 1.20 bits per heavy atom. The van der Waals surface area contributed by atoms with Crippen LogP contribution < -0.4 is 5.32 Å². The van der Waals surface area contributed by atoms with Crippen LogP contribution >= 0.6 is 0 Å². The van der Waals surface area contributed by atoms with Crippen LogP contribution in [0.25, 0.3) is 0 Å². The Kier molecular flexibility index (Phi) is 5.88. The summed E-state index contributed by atoms with van der Waals surface area (Å²) in [6, 6.07) is -0.0378. The van der Waals surface area contributed by atoms with Crippen molar-refractivity contribution in [2.45, 2.75) is 70.0 Å². The number of methoxy groups -OCH3 is 1. The molecule has 1 aliphatic heterocycles. The van der Waals surface area contributed by atoms with E-state index in [1.165, 1.54) is 31.3 Å². The molecule has 25 heavy (non-hydrogen) atoms. The summed E-state index contributed by atoms with van der Waals surface area (Å²) >= 11 is 0. The average molecular weight is 349 g/mol. The molecule has 2 heterocycles. The zero-order chi connectivity index (χ0) is 17.6. The van der Waals surface area contributed by atoms with Gasteiger partial charge < -0.3 is 14.6 Å². The number of nitrogens with zero attached hydrogens (tertiary/aromatic N) is 4. The van der Waals surface area contributed by atoms with Crippen molar-refractivity contribution >= 4 is 12.0 Å². The van der Waals surface area contributed by atoms with Crippen molar-refractivity contribution in [3.05, 3.63) is 12.2 Å². The number of likely N-dealkylation sites (tertiary alicyclic amines) is 1. The van der Waals surface area contributed by atoms with E-state index in [4.69, 9.17) is 4.74 Å². The van der Waals surface area contributed by atoms with E-state index in [0.717, 1.165) is 31.5 Å². The van der Waals surface area contributed by atoms with Crippen LogP contribution in [0.3, 0.4) is 0 Å². The highest BCUT2D eigenvalue weighted by Crippen LogP contribution is 2.28. The SMILES string of the molecule is COC(=O)N1CCCC[C@H]1C(=O)NCc1nncn1C1CCCCC1. The zero-order valence-electron chi connectivity index (χ0n) is 14.8. The first kappa shape index (κ1) is 17.7. The van der Waals surface area contributed by atoms with Crippen molar-refractivity contribution in [2.75, 3.05) is 13.7 Å². The van der Waals surface area contributed by atoms with Gasteiger partial charge in [-0.15, -0.1) is 10.2 Å². The van der Waals surface area contributed by atoms with Crippen molar-refractivity contribution in [2.24, 2.45) is 0 Å². The summed E-state index contributed by atoms with van der Waals surface area (Å²) in [6.07, 6.45) is 9.83. The van der Waals surface area contributed by atoms with Crippen LogP contribution in [-0.4, -0.2) is 51.4 Å². The molecule has 2 amide bonds. The third kappa shape index (κ3) is 4.11. The van der Waals surface area contributed by atoms with Gasteiger partial charge in [-0.05, 0) is 32.1 Å². The standard InChI is InChI=1S/C17H27N5O3/c1-25-17(24)21-10-6-5-9-14(21)16(23)18-11-15-20-19-12-22(15)13-7-3-2-4-8-13/h12-14H,2-11H2,1H3,(H,18,23)/t14-/m0/s1. The molecule has 1 atom stereocenters. The predicted octanol–water partition coefficient (Wildman–Crippen LogP) is 2.02. The maximum absolute atomic E-state index is 12.6. The molecular formula is C17H27N5O3. The molecule has 1 saturated heterocycles. The molecule has 0 radical (unpaired) electrons. The second-order valence-electron chi connectivity index (χ2n) is 6.84. The van der Waals surface area contributed by atoms with Crippen LogP contribution in [0, 0.1) is 0 Å². The quantitative estimate of drug-likeness (QED) is 0.898. The van der Waals surface area contributed by atoms with Crippen LogP contribution in [0.15, 0.2) is 6.33 Å². The normalized spacial score (nSPS) is 21.8. The summed E-state index contributed by atoms with van der Waals surface area (Å²) in [7, 11) is 1.35. The van der Waals surface area contributed by atoms with Gasteiger partial charge in [-0.25, -0.2) is 4.79 Å². The minimum Gasteiger partial charge on any atom is -0.453 e. The van der Waals surface area contributed by atoms with Crippen molar-refractivity contribution in [1.82, 2.24) is 25.0 Å². The molecule has 8 nitrogen and oxygen atoms in total. The van der Waals surface area contributed by atoms with Crippen LogP contribution in [0.1, 0.15) is 63.2 Å². The molecule has 1 aromatic heterocycles. The number of hydrogen-bond donors (Lipinski definition) is 1. The number of aromatic nitrogens is 3. The maximum Gasteiger partial charge on any atom is 0.410 e. The lowest BCUT2D eigenvalue weighted by Crippen LogP contribution is -2.51. The number of hydrogen-bond acceptors (Lipinski definition) is 5. The first-order chi connectivity index (χ1) is 12.2. The minimum absolute atomic E-state index is 0.150. The smallest absolute Gasteiger partial charge is 0.410 e. The number of carbonyl (C=O) groups excluding carboxylic acids is 2. The van der Waals surface area contributed by atoms with Crippen molar-refractivity contribution < 1.29 is 14.3 Å². The molecule has 2 aliphatic rings. The molecule has 1 aromatic rings. The van der Waals surface area contributed by atoms with Gasteiger partial charge in [0.05, 0.1) is 13.7 Å². The van der Waals surface area contributed by atoms with Gasteiger partial charge in [-0.1, -0.05) is 19.3 Å². The summed E-state index contributed by atoms with van der Waals surface area (Å²) in [6.45, 7) is 0.893. The van der Waals surface area contributed by atoms with E-state index in [-0.39, 0.29) is 5.91 Å². The monoisotopic (exact) mass is 349 g/mol. The summed E-state index contributed by atoms with van der Waals surface area (Å²) in [5.41, 5.74) is 0. The molecule has 1 saturated carbocycles. The number of nitrogens with one attached hydrogen (secondary N) is 1. The Bertz CT molecular complexity index is 597. The van der Waals surface area contributed by atoms with E-state index in [9.17, 15) is 9.59 Å². The summed E-state index contributed by atoms with van der Waals surface area (Å²) in [4.78, 5) is 26.0. The third-order valence-electron chi connectivity index (χ3n) is 5.25. The number of amides is 2. The molecule has 0 aromatic carbocycles. The lowest BCUT2D eigenvalue weighted by molar-refractivity contribution is -0.127. The van der Waals surface area contributed by atoms with Gasteiger partial charge in [0.2, 0.25) is 5.91 Å². The molecule has 3 rings (SSSR count). The molecule has 138 valence electrons. The number of rotatable bonds is 4. The van der Waals surface area contributed by atoms with Crippen molar-refractivity contribution in [3.63, 3.8) is 0 Å². The Hall–Kier alpha value is -2.12. The molecule has 8 heteroatoms. The van der Waals surface area contributed by atoms with E-state index in [0.29, 0.717) is 25.6 Å². The fourth-order valence-electron chi connectivity index (χ4n) is 3.88. The fraction of sp³-hybridized carbons (Fsp3) is 0.765.